The molecule has 2 aromatic carbocycles. The summed E-state index contributed by atoms with van der Waals surface area (Å²) in [4.78, 5) is 17.1. The van der Waals surface area contributed by atoms with E-state index in [1.165, 1.54) is 17.7 Å². The van der Waals surface area contributed by atoms with Crippen molar-refractivity contribution in [2.24, 2.45) is 11.8 Å². The molecule has 2 fully saturated rings. The molecule has 0 radical (unpaired) electrons. The Hall–Kier alpha value is -3.39. The summed E-state index contributed by atoms with van der Waals surface area (Å²) in [6, 6.07) is 23.4. The highest BCUT2D eigenvalue weighted by Gasteiger charge is 2.25. The lowest BCUT2D eigenvalue weighted by Gasteiger charge is -2.38. The Kier molecular flexibility index (Phi) is 9.14. The second kappa shape index (κ2) is 13.1. The van der Waals surface area contributed by atoms with E-state index in [0.717, 1.165) is 70.3 Å². The average molecular weight is 544 g/mol. The topological polar surface area (TPSA) is 59.6 Å². The number of hydrogen-bond acceptors (Lipinski definition) is 6. The second-order valence-corrected chi connectivity index (χ2v) is 11.4. The number of benzene rings is 2. The van der Waals surface area contributed by atoms with Crippen LogP contribution in [0.1, 0.15) is 32.3 Å². The van der Waals surface area contributed by atoms with Crippen molar-refractivity contribution in [2.45, 2.75) is 33.1 Å². The molecule has 8 heteroatoms. The molecule has 2 atom stereocenters. The summed E-state index contributed by atoms with van der Waals surface area (Å²) < 4.78 is 0. The molecule has 0 spiro atoms. The van der Waals surface area contributed by atoms with Gasteiger partial charge in [0.25, 0.3) is 0 Å². The van der Waals surface area contributed by atoms with Crippen LogP contribution in [0.3, 0.4) is 0 Å². The molecule has 0 amide bonds. The standard InChI is InChI=1S/C31H41N7S/c1-24-20-25(2)23-38(22-24)29-21-28(37-18-16-36(17-19-37)27-13-7-4-8-14-27)33-30(34-29)35-31(39)32-15-9-12-26-10-5-3-6-11-26/h3-8,10-11,13-14,21,24-25H,9,12,15-20,22-23H2,1-2H3,(H2,32,33,34,35,39). The molecule has 1 aromatic heterocycles. The van der Waals surface area contributed by atoms with E-state index in [9.17, 15) is 0 Å². The zero-order valence-electron chi connectivity index (χ0n) is 23.2. The molecule has 2 aliphatic rings. The molecule has 2 aliphatic heterocycles. The van der Waals surface area contributed by atoms with Crippen molar-refractivity contribution in [1.82, 2.24) is 15.3 Å². The van der Waals surface area contributed by atoms with E-state index in [-0.39, 0.29) is 0 Å². The fraction of sp³-hybridized carbons (Fsp3) is 0.452. The summed E-state index contributed by atoms with van der Waals surface area (Å²) in [5, 5.41) is 7.20. The van der Waals surface area contributed by atoms with Crippen LogP contribution in [0.4, 0.5) is 23.3 Å². The van der Waals surface area contributed by atoms with Crippen LogP contribution in [0.15, 0.2) is 66.7 Å². The van der Waals surface area contributed by atoms with E-state index in [1.807, 2.05) is 0 Å². The van der Waals surface area contributed by atoms with Crippen LogP contribution in [0.2, 0.25) is 0 Å². The Morgan fingerprint density at radius 2 is 1.41 bits per heavy atom. The van der Waals surface area contributed by atoms with Crippen molar-refractivity contribution in [3.63, 3.8) is 0 Å². The Labute approximate surface area is 238 Å². The third-order valence-electron chi connectivity index (χ3n) is 7.61. The van der Waals surface area contributed by atoms with Gasteiger partial charge < -0.3 is 25.3 Å². The maximum atomic E-state index is 5.64. The van der Waals surface area contributed by atoms with Gasteiger partial charge in [-0.05, 0) is 61.0 Å². The van der Waals surface area contributed by atoms with E-state index in [2.05, 4.69) is 106 Å². The third-order valence-corrected chi connectivity index (χ3v) is 7.86. The van der Waals surface area contributed by atoms with Gasteiger partial charge >= 0.3 is 0 Å². The first-order chi connectivity index (χ1) is 19.0. The Morgan fingerprint density at radius 1 is 0.821 bits per heavy atom. The van der Waals surface area contributed by atoms with E-state index >= 15 is 0 Å². The fourth-order valence-electron chi connectivity index (χ4n) is 5.77. The number of rotatable bonds is 8. The van der Waals surface area contributed by atoms with Crippen LogP contribution in [0.25, 0.3) is 0 Å². The Bertz CT molecular complexity index is 1190. The van der Waals surface area contributed by atoms with Crippen molar-refractivity contribution in [2.75, 3.05) is 65.8 Å². The van der Waals surface area contributed by atoms with Crippen LogP contribution >= 0.6 is 12.2 Å². The lowest BCUT2D eigenvalue weighted by molar-refractivity contribution is 0.355. The normalized spacial score (nSPS) is 19.6. The largest absolute Gasteiger partial charge is 0.368 e. The van der Waals surface area contributed by atoms with E-state index in [1.54, 1.807) is 0 Å². The number of anilines is 4. The first-order valence-electron chi connectivity index (χ1n) is 14.3. The second-order valence-electron chi connectivity index (χ2n) is 11.0. The summed E-state index contributed by atoms with van der Waals surface area (Å²) in [7, 11) is 0. The van der Waals surface area contributed by atoms with Gasteiger partial charge in [-0.2, -0.15) is 9.97 Å². The number of hydrogen-bond donors (Lipinski definition) is 2. The molecular formula is C31H41N7S. The van der Waals surface area contributed by atoms with Crippen LogP contribution < -0.4 is 25.3 Å². The summed E-state index contributed by atoms with van der Waals surface area (Å²) in [5.41, 5.74) is 2.62. The van der Waals surface area contributed by atoms with Crippen LogP contribution in [0.5, 0.6) is 0 Å². The van der Waals surface area contributed by atoms with Crippen molar-refractivity contribution < 1.29 is 0 Å². The minimum atomic E-state index is 0.569. The molecule has 39 heavy (non-hydrogen) atoms. The summed E-state index contributed by atoms with van der Waals surface area (Å²) in [5.74, 6) is 3.81. The molecule has 5 rings (SSSR count). The number of thiocarbonyl (C=S) groups is 1. The Balaban J connectivity index is 1.25. The molecule has 2 saturated heterocycles. The highest BCUT2D eigenvalue weighted by Crippen LogP contribution is 2.29. The van der Waals surface area contributed by atoms with E-state index < -0.39 is 0 Å². The van der Waals surface area contributed by atoms with Crippen molar-refractivity contribution >= 4 is 40.6 Å². The predicted molar refractivity (Wildman–Crippen MR) is 167 cm³/mol. The summed E-state index contributed by atoms with van der Waals surface area (Å²) >= 11 is 5.64. The first-order valence-corrected chi connectivity index (χ1v) is 14.7. The molecule has 3 heterocycles. The fourth-order valence-corrected chi connectivity index (χ4v) is 5.96. The van der Waals surface area contributed by atoms with Crippen molar-refractivity contribution in [3.05, 3.63) is 72.3 Å². The number of para-hydroxylation sites is 1. The maximum absolute atomic E-state index is 5.64. The third kappa shape index (κ3) is 7.60. The number of piperazine rings is 1. The monoisotopic (exact) mass is 543 g/mol. The van der Waals surface area contributed by atoms with E-state index in [4.69, 9.17) is 22.2 Å². The molecule has 0 bridgehead atoms. The SMILES string of the molecule is CC1CC(C)CN(c2cc(N3CCN(c4ccccc4)CC3)nc(NC(=S)NCCCc3ccccc3)n2)C1. The van der Waals surface area contributed by atoms with Gasteiger partial charge in [-0.1, -0.05) is 62.4 Å². The molecule has 3 aromatic rings. The van der Waals surface area contributed by atoms with Gasteiger partial charge in [0.15, 0.2) is 5.11 Å². The first kappa shape index (κ1) is 27.2. The molecule has 0 aliphatic carbocycles. The van der Waals surface area contributed by atoms with Gasteiger partial charge in [0.2, 0.25) is 5.95 Å². The lowest BCUT2D eigenvalue weighted by atomic mass is 9.92. The highest BCUT2D eigenvalue weighted by molar-refractivity contribution is 7.80. The van der Waals surface area contributed by atoms with Gasteiger partial charge in [0.1, 0.15) is 11.6 Å². The maximum Gasteiger partial charge on any atom is 0.232 e. The smallest absolute Gasteiger partial charge is 0.232 e. The molecule has 0 saturated carbocycles. The summed E-state index contributed by atoms with van der Waals surface area (Å²) in [6.45, 7) is 11.3. The molecule has 2 N–H and O–H groups in total. The number of nitrogens with one attached hydrogen (secondary N) is 2. The Morgan fingerprint density at radius 3 is 2.08 bits per heavy atom. The number of piperidine rings is 1. The zero-order chi connectivity index (χ0) is 27.0. The quantitative estimate of drug-likeness (QED) is 0.297. The predicted octanol–water partition coefficient (Wildman–Crippen LogP) is 5.20. The molecule has 7 nitrogen and oxygen atoms in total. The number of aryl methyl sites for hydroxylation is 1. The molecular weight excluding hydrogens is 502 g/mol. The van der Waals surface area contributed by atoms with Gasteiger partial charge in [0.05, 0.1) is 0 Å². The van der Waals surface area contributed by atoms with Crippen LogP contribution in [-0.2, 0) is 6.42 Å². The van der Waals surface area contributed by atoms with Gasteiger partial charge in [-0.15, -0.1) is 0 Å². The van der Waals surface area contributed by atoms with Gasteiger partial charge in [-0.25, -0.2) is 0 Å². The van der Waals surface area contributed by atoms with Crippen molar-refractivity contribution in [3.8, 4) is 0 Å². The van der Waals surface area contributed by atoms with Crippen LogP contribution in [0, 0.1) is 11.8 Å². The molecule has 206 valence electrons. The number of nitrogens with zero attached hydrogens (tertiary/aromatic N) is 5. The van der Waals surface area contributed by atoms with E-state index in [0.29, 0.717) is 22.9 Å². The highest BCUT2D eigenvalue weighted by atomic mass is 32.1. The van der Waals surface area contributed by atoms with Crippen molar-refractivity contribution in [1.29, 1.82) is 0 Å². The molecule has 2 unspecified atom stereocenters. The number of aromatic nitrogens is 2. The minimum absolute atomic E-state index is 0.569. The lowest BCUT2D eigenvalue weighted by Crippen LogP contribution is -2.47. The summed E-state index contributed by atoms with van der Waals surface area (Å²) in [6.07, 6.45) is 3.29. The van der Waals surface area contributed by atoms with Gasteiger partial charge in [0, 0.05) is 57.6 Å². The van der Waals surface area contributed by atoms with Gasteiger partial charge in [-0.3, -0.25) is 0 Å². The van der Waals surface area contributed by atoms with Crippen LogP contribution in [-0.4, -0.2) is 60.9 Å². The zero-order valence-corrected chi connectivity index (χ0v) is 24.0. The minimum Gasteiger partial charge on any atom is -0.368 e. The average Bonchev–Trinajstić information content (AvgIpc) is 2.96.